The van der Waals surface area contributed by atoms with Crippen molar-refractivity contribution in [2.24, 2.45) is 5.16 Å². The Labute approximate surface area is 180 Å². The minimum absolute atomic E-state index is 0.0655. The molecule has 0 fully saturated rings. The van der Waals surface area contributed by atoms with Crippen molar-refractivity contribution in [3.63, 3.8) is 0 Å². The van der Waals surface area contributed by atoms with Crippen molar-refractivity contribution < 1.29 is 29.2 Å². The first-order valence-corrected chi connectivity index (χ1v) is 10.3. The lowest BCUT2D eigenvalue weighted by atomic mass is 9.72. The summed E-state index contributed by atoms with van der Waals surface area (Å²) in [6.07, 6.45) is 0.694. The van der Waals surface area contributed by atoms with Crippen LogP contribution in [0.4, 0.5) is 5.13 Å². The van der Waals surface area contributed by atoms with Crippen LogP contribution in [0.2, 0.25) is 0 Å². The fraction of sp³-hybridized carbons (Fsp3) is 0.294. The zero-order chi connectivity index (χ0) is 21.7. The van der Waals surface area contributed by atoms with Crippen LogP contribution in [0.5, 0.6) is 5.75 Å². The summed E-state index contributed by atoms with van der Waals surface area (Å²) in [5.74, 6) is -2.22. The minimum atomic E-state index is -1.46. The highest BCUT2D eigenvalue weighted by Crippen LogP contribution is 2.30. The number of aromatic nitrogens is 1. The molecule has 0 aliphatic carbocycles. The number of oxime groups is 1. The second-order valence-corrected chi connectivity index (χ2v) is 7.55. The lowest BCUT2D eigenvalue weighted by molar-refractivity contribution is -0.115. The molecule has 10 nitrogen and oxygen atoms in total. The van der Waals surface area contributed by atoms with Gasteiger partial charge in [0.25, 0.3) is 5.91 Å². The molecule has 158 valence electrons. The first-order chi connectivity index (χ1) is 14.4. The molecule has 1 atom stereocenters. The number of nitrogens with zero attached hydrogens (tertiary/aromatic N) is 2. The number of fused-ring (bicyclic) bond motifs is 1. The summed E-state index contributed by atoms with van der Waals surface area (Å²) in [5.41, 5.74) is 6.23. The number of hydrogen-bond acceptors (Lipinski definition) is 9. The third-order valence-corrected chi connectivity index (χ3v) is 5.11. The maximum Gasteiger partial charge on any atom is 0.547 e. The number of carbonyl (C=O) groups is 2. The molecular weight excluding hydrogens is 435 g/mol. The molecule has 1 aromatic heterocycles. The summed E-state index contributed by atoms with van der Waals surface area (Å²) in [6.45, 7) is 0.209. The first-order valence-electron chi connectivity index (χ1n) is 8.88. The number of thiazole rings is 1. The molecule has 1 aliphatic heterocycles. The molecule has 0 spiro atoms. The molecule has 5 N–H and O–H groups in total. The predicted molar refractivity (Wildman–Crippen MR) is 112 cm³/mol. The maximum absolute atomic E-state index is 12.8. The Balaban J connectivity index is 1.78. The van der Waals surface area contributed by atoms with Gasteiger partial charge in [-0.2, -0.15) is 0 Å². The van der Waals surface area contributed by atoms with Crippen molar-refractivity contribution in [1.29, 1.82) is 0 Å². The Hall–Kier alpha value is -2.83. The third kappa shape index (κ3) is 5.01. The number of aromatic carboxylic acids is 1. The molecule has 13 heteroatoms. The van der Waals surface area contributed by atoms with Gasteiger partial charge in [0, 0.05) is 11.3 Å². The van der Waals surface area contributed by atoms with Crippen molar-refractivity contribution in [2.45, 2.75) is 18.8 Å². The number of alkyl halides is 1. The SMILES string of the molecule is Nc1nc(C(=NOCCCCl)C(=O)NC2Cc3cccc(C(=O)O)c3OB2O)cs1. The van der Waals surface area contributed by atoms with E-state index >= 15 is 0 Å². The number of rotatable bonds is 8. The van der Waals surface area contributed by atoms with Crippen LogP contribution in [-0.2, 0) is 16.1 Å². The summed E-state index contributed by atoms with van der Waals surface area (Å²) in [5, 5.41) is 27.9. The van der Waals surface area contributed by atoms with Crippen molar-refractivity contribution in [1.82, 2.24) is 10.3 Å². The van der Waals surface area contributed by atoms with Crippen LogP contribution in [0.25, 0.3) is 0 Å². The summed E-state index contributed by atoms with van der Waals surface area (Å²) in [6, 6.07) is 4.61. The van der Waals surface area contributed by atoms with E-state index in [4.69, 9.17) is 26.8 Å². The number of benzene rings is 1. The normalized spacial score (nSPS) is 15.9. The van der Waals surface area contributed by atoms with Gasteiger partial charge in [-0.3, -0.25) is 4.79 Å². The van der Waals surface area contributed by atoms with Gasteiger partial charge < -0.3 is 30.7 Å². The standard InChI is InChI=1S/C17H18BClN4O6S/c19-5-2-6-28-23-13(11-8-30-17(20)21-11)15(24)22-12-7-9-3-1-4-10(16(25)26)14(9)29-18(12)27/h1,3-4,8,12,27H,2,5-7H2,(H2,20,21)(H,22,24)(H,25,26). The zero-order valence-electron chi connectivity index (χ0n) is 15.6. The van der Waals surface area contributed by atoms with Crippen molar-refractivity contribution in [3.8, 4) is 5.75 Å². The van der Waals surface area contributed by atoms with Crippen LogP contribution in [0.3, 0.4) is 0 Å². The highest BCUT2D eigenvalue weighted by Gasteiger charge is 2.38. The fourth-order valence-corrected chi connectivity index (χ4v) is 3.44. The van der Waals surface area contributed by atoms with Gasteiger partial charge in [-0.15, -0.1) is 22.9 Å². The largest absolute Gasteiger partial charge is 0.547 e. The number of nitrogens with two attached hydrogens (primary N) is 1. The number of carboxylic acids is 1. The quantitative estimate of drug-likeness (QED) is 0.151. The van der Waals surface area contributed by atoms with E-state index in [0.29, 0.717) is 17.9 Å². The summed E-state index contributed by atoms with van der Waals surface area (Å²) >= 11 is 6.74. The van der Waals surface area contributed by atoms with Gasteiger partial charge in [0.15, 0.2) is 10.8 Å². The van der Waals surface area contributed by atoms with Crippen molar-refractivity contribution in [2.75, 3.05) is 18.2 Å². The van der Waals surface area contributed by atoms with Gasteiger partial charge in [-0.1, -0.05) is 17.3 Å². The molecule has 1 amide bonds. The zero-order valence-corrected chi connectivity index (χ0v) is 17.2. The maximum atomic E-state index is 12.8. The molecule has 0 bridgehead atoms. The molecule has 0 saturated carbocycles. The molecular formula is C17H18BClN4O6S. The monoisotopic (exact) mass is 452 g/mol. The van der Waals surface area contributed by atoms with E-state index in [0.717, 1.165) is 11.3 Å². The summed E-state index contributed by atoms with van der Waals surface area (Å²) in [4.78, 5) is 33.4. The number of carboxylic acid groups (broad SMARTS) is 1. The van der Waals surface area contributed by atoms with E-state index in [2.05, 4.69) is 15.5 Å². The van der Waals surface area contributed by atoms with Gasteiger partial charge in [-0.25, -0.2) is 9.78 Å². The Bertz CT molecular complexity index is 971. The average molecular weight is 453 g/mol. The number of carbonyl (C=O) groups excluding carboxylic acids is 1. The van der Waals surface area contributed by atoms with E-state index in [9.17, 15) is 19.7 Å². The molecule has 2 aromatic rings. The number of anilines is 1. The Morgan fingerprint density at radius 2 is 2.30 bits per heavy atom. The minimum Gasteiger partial charge on any atom is -0.534 e. The Morgan fingerprint density at radius 1 is 1.50 bits per heavy atom. The van der Waals surface area contributed by atoms with Gasteiger partial charge in [-0.05, 0) is 24.5 Å². The van der Waals surface area contributed by atoms with Crippen molar-refractivity contribution >= 4 is 52.8 Å². The fourth-order valence-electron chi connectivity index (χ4n) is 2.78. The van der Waals surface area contributed by atoms with E-state index in [-0.39, 0.29) is 40.9 Å². The van der Waals surface area contributed by atoms with Crippen LogP contribution in [0, 0.1) is 0 Å². The van der Waals surface area contributed by atoms with Gasteiger partial charge >= 0.3 is 13.1 Å². The summed E-state index contributed by atoms with van der Waals surface area (Å²) in [7, 11) is -1.46. The number of halogens is 1. The first kappa shape index (κ1) is 21.9. The molecule has 1 unspecified atom stereocenters. The van der Waals surface area contributed by atoms with E-state index in [1.807, 2.05) is 0 Å². The van der Waals surface area contributed by atoms with Crippen LogP contribution >= 0.6 is 22.9 Å². The van der Waals surface area contributed by atoms with E-state index in [1.165, 1.54) is 6.07 Å². The molecule has 30 heavy (non-hydrogen) atoms. The van der Waals surface area contributed by atoms with Crippen LogP contribution in [-0.4, -0.2) is 58.2 Å². The molecule has 0 saturated heterocycles. The van der Waals surface area contributed by atoms with E-state index < -0.39 is 24.9 Å². The van der Waals surface area contributed by atoms with Crippen LogP contribution in [0.15, 0.2) is 28.7 Å². The average Bonchev–Trinajstić information content (AvgIpc) is 3.13. The smallest absolute Gasteiger partial charge is 0.534 e. The highest BCUT2D eigenvalue weighted by atomic mass is 35.5. The summed E-state index contributed by atoms with van der Waals surface area (Å²) < 4.78 is 5.38. The lowest BCUT2D eigenvalue weighted by Gasteiger charge is -2.28. The van der Waals surface area contributed by atoms with Crippen LogP contribution < -0.4 is 15.7 Å². The van der Waals surface area contributed by atoms with Crippen molar-refractivity contribution in [3.05, 3.63) is 40.4 Å². The number of para-hydroxylation sites is 1. The predicted octanol–water partition coefficient (Wildman–Crippen LogP) is 0.913. The number of hydrogen-bond donors (Lipinski definition) is 4. The highest BCUT2D eigenvalue weighted by molar-refractivity contribution is 7.13. The Morgan fingerprint density at radius 3 is 2.97 bits per heavy atom. The molecule has 0 radical (unpaired) electrons. The number of nitrogen functional groups attached to an aromatic ring is 1. The second-order valence-electron chi connectivity index (χ2n) is 6.28. The number of nitrogens with one attached hydrogen (secondary N) is 1. The van der Waals surface area contributed by atoms with Crippen LogP contribution in [0.1, 0.15) is 28.0 Å². The Kier molecular flexibility index (Phi) is 7.13. The van der Waals surface area contributed by atoms with Gasteiger partial charge in [0.05, 0.1) is 11.5 Å². The number of amides is 1. The molecule has 2 heterocycles. The van der Waals surface area contributed by atoms with Gasteiger partial charge in [0.2, 0.25) is 0 Å². The third-order valence-electron chi connectivity index (χ3n) is 4.17. The van der Waals surface area contributed by atoms with E-state index in [1.54, 1.807) is 17.5 Å². The molecule has 3 rings (SSSR count). The molecule has 1 aliphatic rings. The van der Waals surface area contributed by atoms with Gasteiger partial charge in [0.1, 0.15) is 18.1 Å². The topological polar surface area (TPSA) is 156 Å². The second kappa shape index (κ2) is 9.78. The molecule has 1 aromatic carbocycles. The lowest BCUT2D eigenvalue weighted by Crippen LogP contribution is -2.54.